The van der Waals surface area contributed by atoms with Crippen LogP contribution in [0.1, 0.15) is 59.0 Å². The van der Waals surface area contributed by atoms with Crippen LogP contribution in [0.15, 0.2) is 18.2 Å². The molecule has 1 aromatic rings. The van der Waals surface area contributed by atoms with Crippen molar-refractivity contribution in [3.8, 4) is 0 Å². The van der Waals surface area contributed by atoms with E-state index in [1.165, 1.54) is 17.5 Å². The monoisotopic (exact) mass is 312 g/mol. The van der Waals surface area contributed by atoms with Gasteiger partial charge in [-0.25, -0.2) is 0 Å². The number of nitrogens with zero attached hydrogens (tertiary/aromatic N) is 1. The van der Waals surface area contributed by atoms with E-state index in [0.29, 0.717) is 21.3 Å². The smallest absolute Gasteiger partial charge is 0.283 e. The Balaban J connectivity index is 2.04. The number of halogens is 2. The predicted octanol–water partition coefficient (Wildman–Crippen LogP) is 3.78. The van der Waals surface area contributed by atoms with Crippen molar-refractivity contribution >= 4 is 29.5 Å². The van der Waals surface area contributed by atoms with Gasteiger partial charge in [-0.1, -0.05) is 18.6 Å². The Labute approximate surface area is 129 Å². The zero-order chi connectivity index (χ0) is 14.1. The molecule has 1 atom stereocenters. The molecule has 1 aliphatic carbocycles. The van der Waals surface area contributed by atoms with Crippen molar-refractivity contribution in [2.24, 2.45) is 0 Å². The first-order chi connectivity index (χ1) is 9.68. The van der Waals surface area contributed by atoms with Crippen molar-refractivity contribution in [1.82, 2.24) is 9.25 Å². The lowest BCUT2D eigenvalue weighted by Gasteiger charge is -2.31. The third-order valence-electron chi connectivity index (χ3n) is 4.54. The highest BCUT2D eigenvalue weighted by molar-refractivity contribution is 6.43. The largest absolute Gasteiger partial charge is 0.316 e. The van der Waals surface area contributed by atoms with Gasteiger partial charge < -0.3 is 5.32 Å². The molecule has 1 saturated heterocycles. The van der Waals surface area contributed by atoms with Crippen LogP contribution in [0.5, 0.6) is 0 Å². The minimum Gasteiger partial charge on any atom is -0.316 e. The first kappa shape index (κ1) is 14.2. The topological polar surface area (TPSA) is 32.3 Å². The number of carbonyl (C=O) groups excluding carboxylic acids is 1. The molecule has 20 heavy (non-hydrogen) atoms. The Morgan fingerprint density at radius 3 is 2.55 bits per heavy atom. The first-order valence-corrected chi connectivity index (χ1v) is 7.85. The molecule has 0 bridgehead atoms. The molecule has 1 saturated carbocycles. The number of amides is 1. The fourth-order valence-electron chi connectivity index (χ4n) is 3.29. The van der Waals surface area contributed by atoms with E-state index >= 15 is 0 Å². The summed E-state index contributed by atoms with van der Waals surface area (Å²) >= 11 is 11.3. The summed E-state index contributed by atoms with van der Waals surface area (Å²) < 4.78 is 0.647. The Bertz CT molecular complexity index is 509. The molecule has 2 fully saturated rings. The summed E-state index contributed by atoms with van der Waals surface area (Å²) in [5, 5.41) is 3.40. The molecule has 1 N–H and O–H groups in total. The fraction of sp³-hybridized carbons (Fsp3) is 0.533. The van der Waals surface area contributed by atoms with Crippen molar-refractivity contribution in [2.45, 2.75) is 37.5 Å². The van der Waals surface area contributed by atoms with Gasteiger partial charge in [0.25, 0.3) is 5.91 Å². The highest BCUT2D eigenvalue weighted by Gasteiger charge is 2.31. The van der Waals surface area contributed by atoms with Gasteiger partial charge in [0.05, 0.1) is 0 Å². The average molecular weight is 313 g/mol. The van der Waals surface area contributed by atoms with Crippen LogP contribution in [0.2, 0.25) is 0 Å². The van der Waals surface area contributed by atoms with Crippen LogP contribution < -0.4 is 5.32 Å². The summed E-state index contributed by atoms with van der Waals surface area (Å²) in [5.74, 6) is 0.666. The van der Waals surface area contributed by atoms with Crippen molar-refractivity contribution in [3.05, 3.63) is 34.9 Å². The maximum atomic E-state index is 12.2. The van der Waals surface area contributed by atoms with E-state index in [9.17, 15) is 4.79 Å². The summed E-state index contributed by atoms with van der Waals surface area (Å²) in [6.07, 6.45) is 4.67. The van der Waals surface area contributed by atoms with E-state index in [2.05, 4.69) is 11.4 Å². The molecule has 1 aliphatic heterocycles. The second-order valence-corrected chi connectivity index (χ2v) is 6.51. The lowest BCUT2D eigenvalue weighted by Crippen LogP contribution is -2.21. The zero-order valence-corrected chi connectivity index (χ0v) is 12.8. The zero-order valence-electron chi connectivity index (χ0n) is 11.2. The van der Waals surface area contributed by atoms with Gasteiger partial charge in [-0.15, -0.1) is 0 Å². The number of hydrogen-bond donors (Lipinski definition) is 1. The van der Waals surface area contributed by atoms with Gasteiger partial charge >= 0.3 is 0 Å². The van der Waals surface area contributed by atoms with Crippen LogP contribution >= 0.6 is 23.6 Å². The van der Waals surface area contributed by atoms with Gasteiger partial charge in [0, 0.05) is 35.7 Å². The lowest BCUT2D eigenvalue weighted by molar-refractivity contribution is 0.0921. The quantitative estimate of drug-likeness (QED) is 0.861. The standard InChI is InChI=1S/C15H18Cl2N2O/c16-19(17)15(20)13-6-2-5-12(11-7-8-18-9-11)14(13)10-3-1-4-10/h2,5-6,10-11,18H,1,3-4,7-9H2. The molecule has 1 unspecified atom stereocenters. The van der Waals surface area contributed by atoms with Gasteiger partial charge in [0.2, 0.25) is 0 Å². The molecular formula is C15H18Cl2N2O. The summed E-state index contributed by atoms with van der Waals surface area (Å²) in [7, 11) is 0. The molecule has 0 radical (unpaired) electrons. The van der Waals surface area contributed by atoms with Crippen LogP contribution in [0.3, 0.4) is 0 Å². The molecule has 1 amide bonds. The van der Waals surface area contributed by atoms with E-state index in [4.69, 9.17) is 23.6 Å². The van der Waals surface area contributed by atoms with Crippen LogP contribution in [-0.4, -0.2) is 22.9 Å². The van der Waals surface area contributed by atoms with E-state index in [1.807, 2.05) is 12.1 Å². The Morgan fingerprint density at radius 2 is 2.00 bits per heavy atom. The van der Waals surface area contributed by atoms with Gasteiger partial charge in [0.1, 0.15) is 0 Å². The Morgan fingerprint density at radius 1 is 1.20 bits per heavy atom. The number of nitrogens with one attached hydrogen (secondary N) is 1. The number of rotatable bonds is 3. The van der Waals surface area contributed by atoms with Crippen molar-refractivity contribution in [1.29, 1.82) is 0 Å². The predicted molar refractivity (Wildman–Crippen MR) is 81.1 cm³/mol. The van der Waals surface area contributed by atoms with E-state index in [1.54, 1.807) is 0 Å². The minimum atomic E-state index is -0.317. The summed E-state index contributed by atoms with van der Waals surface area (Å²) in [6.45, 7) is 2.03. The molecule has 0 spiro atoms. The molecule has 3 nitrogen and oxygen atoms in total. The van der Waals surface area contributed by atoms with E-state index in [-0.39, 0.29) is 5.91 Å². The van der Waals surface area contributed by atoms with Crippen LogP contribution in [0.4, 0.5) is 0 Å². The van der Waals surface area contributed by atoms with Gasteiger partial charge in [0.15, 0.2) is 0 Å². The highest BCUT2D eigenvalue weighted by Crippen LogP contribution is 2.43. The number of hydrogen-bond acceptors (Lipinski definition) is 2. The maximum Gasteiger partial charge on any atom is 0.283 e. The molecule has 3 rings (SSSR count). The maximum absolute atomic E-state index is 12.2. The van der Waals surface area contributed by atoms with Crippen LogP contribution in [-0.2, 0) is 0 Å². The highest BCUT2D eigenvalue weighted by atomic mass is 35.5. The van der Waals surface area contributed by atoms with Crippen molar-refractivity contribution < 1.29 is 4.79 Å². The third-order valence-corrected chi connectivity index (χ3v) is 4.84. The molecule has 1 heterocycles. The van der Waals surface area contributed by atoms with Crippen molar-refractivity contribution in [3.63, 3.8) is 0 Å². The molecule has 108 valence electrons. The number of benzene rings is 1. The molecule has 2 aliphatic rings. The average Bonchev–Trinajstić information content (AvgIpc) is 2.89. The van der Waals surface area contributed by atoms with Gasteiger partial charge in [-0.2, -0.15) is 3.94 Å². The summed E-state index contributed by atoms with van der Waals surface area (Å²) in [4.78, 5) is 12.2. The fourth-order valence-corrected chi connectivity index (χ4v) is 3.47. The summed E-state index contributed by atoms with van der Waals surface area (Å²) in [5.41, 5.74) is 3.16. The van der Waals surface area contributed by atoms with Crippen LogP contribution in [0, 0.1) is 0 Å². The Hall–Kier alpha value is -0.770. The first-order valence-electron chi connectivity index (χ1n) is 7.18. The molecule has 0 aromatic heterocycles. The van der Waals surface area contributed by atoms with E-state index in [0.717, 1.165) is 32.4 Å². The molecular weight excluding hydrogens is 295 g/mol. The molecule has 1 aromatic carbocycles. The van der Waals surface area contributed by atoms with Gasteiger partial charge in [-0.05, 0) is 54.8 Å². The van der Waals surface area contributed by atoms with E-state index < -0.39 is 0 Å². The SMILES string of the molecule is O=C(c1cccc(C2CCNC2)c1C1CCC1)N(Cl)Cl. The second-order valence-electron chi connectivity index (χ2n) is 5.66. The van der Waals surface area contributed by atoms with Gasteiger partial charge in [-0.3, -0.25) is 4.79 Å². The third kappa shape index (κ3) is 2.54. The van der Waals surface area contributed by atoms with Crippen LogP contribution in [0.25, 0.3) is 0 Å². The van der Waals surface area contributed by atoms with Crippen molar-refractivity contribution in [2.75, 3.05) is 13.1 Å². The number of carbonyl (C=O) groups is 1. The second kappa shape index (κ2) is 5.92. The lowest BCUT2D eigenvalue weighted by atomic mass is 9.74. The minimum absolute atomic E-state index is 0.317. The molecule has 5 heteroatoms. The normalized spacial score (nSPS) is 22.6. The summed E-state index contributed by atoms with van der Waals surface area (Å²) in [6, 6.07) is 5.95. The Kier molecular flexibility index (Phi) is 4.20.